The van der Waals surface area contributed by atoms with Crippen molar-refractivity contribution >= 4 is 55.5 Å². The number of aliphatic imine (C=N–C) groups is 2. The molecule has 0 saturated heterocycles. The Morgan fingerprint density at radius 1 is 0.404 bits per heavy atom. The number of fused-ring (bicyclic) bond motifs is 16. The first kappa shape index (κ1) is 30.8. The van der Waals surface area contributed by atoms with Gasteiger partial charge in [-0.05, 0) is 93.0 Å². The van der Waals surface area contributed by atoms with Crippen LogP contribution in [0.2, 0.25) is 0 Å². The highest BCUT2D eigenvalue weighted by Crippen LogP contribution is 2.64. The van der Waals surface area contributed by atoms with Gasteiger partial charge in [0.15, 0.2) is 6.17 Å². The van der Waals surface area contributed by atoms with Crippen LogP contribution in [0.3, 0.4) is 0 Å². The van der Waals surface area contributed by atoms with Crippen molar-refractivity contribution in [1.82, 2.24) is 5.32 Å². The summed E-state index contributed by atoms with van der Waals surface area (Å²) in [5.41, 5.74) is 16.0. The van der Waals surface area contributed by atoms with E-state index in [0.717, 1.165) is 72.2 Å². The summed E-state index contributed by atoms with van der Waals surface area (Å²) < 4.78 is 12.5. The molecule has 2 aromatic heterocycles. The Bertz CT molecular complexity index is 3220. The van der Waals surface area contributed by atoms with E-state index in [0.29, 0.717) is 0 Å². The summed E-state index contributed by atoms with van der Waals surface area (Å²) in [5, 5.41) is 7.96. The summed E-state index contributed by atoms with van der Waals surface area (Å²) >= 11 is 0. The second-order valence-corrected chi connectivity index (χ2v) is 15.2. The van der Waals surface area contributed by atoms with Crippen LogP contribution in [0.15, 0.2) is 195 Å². The maximum absolute atomic E-state index is 6.24. The molecule has 0 unspecified atom stereocenters. The zero-order chi connectivity index (χ0) is 37.2. The lowest BCUT2D eigenvalue weighted by Crippen LogP contribution is -2.36. The monoisotopic (exact) mass is 729 g/mol. The van der Waals surface area contributed by atoms with Crippen LogP contribution in [0, 0.1) is 0 Å². The third kappa shape index (κ3) is 4.12. The summed E-state index contributed by atoms with van der Waals surface area (Å²) in [6, 6.07) is 62.6. The van der Waals surface area contributed by atoms with Gasteiger partial charge in [0.05, 0.1) is 5.41 Å². The highest BCUT2D eigenvalue weighted by molar-refractivity contribution is 6.19. The lowest BCUT2D eigenvalue weighted by atomic mass is 9.69. The number of nitrogens with one attached hydrogen (secondary N) is 1. The van der Waals surface area contributed by atoms with Crippen LogP contribution in [-0.4, -0.2) is 11.7 Å². The van der Waals surface area contributed by atoms with Gasteiger partial charge in [0, 0.05) is 38.2 Å². The van der Waals surface area contributed by atoms with E-state index < -0.39 is 11.6 Å². The maximum atomic E-state index is 6.24. The number of amidine groups is 2. The first-order valence-corrected chi connectivity index (χ1v) is 19.4. The third-order valence-corrected chi connectivity index (χ3v) is 12.4. The van der Waals surface area contributed by atoms with E-state index in [-0.39, 0.29) is 0 Å². The molecule has 0 fully saturated rings. The predicted molar refractivity (Wildman–Crippen MR) is 229 cm³/mol. The van der Waals surface area contributed by atoms with Gasteiger partial charge in [-0.25, -0.2) is 9.98 Å². The van der Waals surface area contributed by atoms with Gasteiger partial charge in [-0.15, -0.1) is 0 Å². The first-order valence-electron chi connectivity index (χ1n) is 19.4. The molecule has 5 heteroatoms. The lowest BCUT2D eigenvalue weighted by molar-refractivity contribution is 0.668. The standard InChI is InChI=1S/C52H31N3O2/c1-6-19-41-32(12-1)33-13-2-7-20-42(33)52(41)43-21-8-3-14-34(43)37-17-11-18-38(48(37)52)51-54-49(30-24-26-46-39(28-30)35-15-4-9-22-44(35)56-46)53-50(55-51)31-25-27-47-40(29-31)36-16-5-10-23-45(36)57-47/h1-29,51H,(H,53,54,55). The minimum absolute atomic E-state index is 0.533. The Balaban J connectivity index is 1.07. The maximum Gasteiger partial charge on any atom is 0.170 e. The molecular weight excluding hydrogens is 699 g/mol. The van der Waals surface area contributed by atoms with Gasteiger partial charge >= 0.3 is 0 Å². The van der Waals surface area contributed by atoms with Crippen LogP contribution in [-0.2, 0) is 5.41 Å². The summed E-state index contributed by atoms with van der Waals surface area (Å²) in [6.07, 6.45) is -0.550. The third-order valence-electron chi connectivity index (χ3n) is 12.4. The normalized spacial score (nSPS) is 15.1. The van der Waals surface area contributed by atoms with E-state index in [9.17, 15) is 0 Å². The molecule has 0 radical (unpaired) electrons. The van der Waals surface area contributed by atoms with Gasteiger partial charge in [-0.1, -0.05) is 127 Å². The van der Waals surface area contributed by atoms with Gasteiger partial charge in [0.1, 0.15) is 34.0 Å². The van der Waals surface area contributed by atoms with E-state index >= 15 is 0 Å². The number of furan rings is 2. The summed E-state index contributed by atoms with van der Waals surface area (Å²) in [6.45, 7) is 0. The number of para-hydroxylation sites is 2. The molecule has 10 aromatic rings. The molecule has 5 nitrogen and oxygen atoms in total. The SMILES string of the molecule is c1ccc2c(c1)-c1ccccc1C21c2ccccc2-c2cccc(C3N=C(c4ccc5oc6ccccc6c5c4)NC(c4ccc5oc6ccccc6c5c4)=N3)c21. The zero-order valence-electron chi connectivity index (χ0n) is 30.5. The fourth-order valence-electron chi connectivity index (χ4n) is 10.0. The van der Waals surface area contributed by atoms with Crippen molar-refractivity contribution in [3.05, 3.63) is 215 Å². The van der Waals surface area contributed by atoms with Crippen molar-refractivity contribution in [1.29, 1.82) is 0 Å². The molecule has 1 spiro atoms. The van der Waals surface area contributed by atoms with E-state index in [1.807, 2.05) is 24.3 Å². The Morgan fingerprint density at radius 3 is 1.39 bits per heavy atom. The summed E-state index contributed by atoms with van der Waals surface area (Å²) in [7, 11) is 0. The molecule has 57 heavy (non-hydrogen) atoms. The number of nitrogens with zero attached hydrogens (tertiary/aromatic N) is 2. The van der Waals surface area contributed by atoms with Gasteiger partial charge in [0.2, 0.25) is 0 Å². The zero-order valence-corrected chi connectivity index (χ0v) is 30.5. The van der Waals surface area contributed by atoms with Crippen LogP contribution in [0.5, 0.6) is 0 Å². The first-order chi connectivity index (χ1) is 28.2. The van der Waals surface area contributed by atoms with Crippen molar-refractivity contribution in [2.75, 3.05) is 0 Å². The highest BCUT2D eigenvalue weighted by atomic mass is 16.3. The largest absolute Gasteiger partial charge is 0.456 e. The lowest BCUT2D eigenvalue weighted by Gasteiger charge is -2.33. The van der Waals surface area contributed by atoms with Gasteiger partial charge in [-0.3, -0.25) is 0 Å². The average Bonchev–Trinajstić information content (AvgIpc) is 4.01. The molecule has 1 aliphatic heterocycles. The van der Waals surface area contributed by atoms with E-state index in [2.05, 4.69) is 157 Å². The van der Waals surface area contributed by atoms with E-state index in [1.165, 1.54) is 44.5 Å². The molecule has 2 aliphatic carbocycles. The topological polar surface area (TPSA) is 63.0 Å². The van der Waals surface area contributed by atoms with E-state index in [1.54, 1.807) is 0 Å². The molecule has 0 bridgehead atoms. The van der Waals surface area contributed by atoms with Crippen LogP contribution in [0.25, 0.3) is 66.1 Å². The molecule has 0 atom stereocenters. The minimum Gasteiger partial charge on any atom is -0.456 e. The number of hydrogen-bond acceptors (Lipinski definition) is 5. The predicted octanol–water partition coefficient (Wildman–Crippen LogP) is 12.3. The summed E-state index contributed by atoms with van der Waals surface area (Å²) in [4.78, 5) is 11.1. The number of benzene rings is 8. The molecule has 266 valence electrons. The Kier molecular flexibility index (Phi) is 6.09. The van der Waals surface area contributed by atoms with Crippen molar-refractivity contribution in [2.45, 2.75) is 11.6 Å². The quantitative estimate of drug-likeness (QED) is 0.197. The molecular formula is C52H31N3O2. The molecule has 8 aromatic carbocycles. The fourth-order valence-corrected chi connectivity index (χ4v) is 10.0. The Morgan fingerprint density at radius 2 is 0.842 bits per heavy atom. The second-order valence-electron chi connectivity index (χ2n) is 15.2. The second kappa shape index (κ2) is 11.3. The van der Waals surface area contributed by atoms with Crippen molar-refractivity contribution < 1.29 is 8.83 Å². The Labute approximate surface area is 327 Å². The average molecular weight is 730 g/mol. The molecule has 13 rings (SSSR count). The van der Waals surface area contributed by atoms with Crippen molar-refractivity contribution in [3.8, 4) is 22.3 Å². The van der Waals surface area contributed by atoms with Crippen LogP contribution >= 0.6 is 0 Å². The van der Waals surface area contributed by atoms with Crippen molar-refractivity contribution in [2.24, 2.45) is 9.98 Å². The van der Waals surface area contributed by atoms with Gasteiger partial charge < -0.3 is 14.2 Å². The van der Waals surface area contributed by atoms with Gasteiger partial charge in [-0.2, -0.15) is 0 Å². The Hall–Kier alpha value is -7.50. The number of rotatable bonds is 3. The van der Waals surface area contributed by atoms with E-state index in [4.69, 9.17) is 18.8 Å². The highest BCUT2D eigenvalue weighted by Gasteiger charge is 2.53. The molecule has 3 heterocycles. The molecule has 0 amide bonds. The molecule has 0 saturated carbocycles. The molecule has 3 aliphatic rings. The minimum atomic E-state index is -0.550. The number of hydrogen-bond donors (Lipinski definition) is 1. The van der Waals surface area contributed by atoms with Crippen LogP contribution in [0.4, 0.5) is 0 Å². The molecule has 1 N–H and O–H groups in total. The smallest absolute Gasteiger partial charge is 0.170 e. The van der Waals surface area contributed by atoms with Crippen molar-refractivity contribution in [3.63, 3.8) is 0 Å². The summed E-state index contributed by atoms with van der Waals surface area (Å²) in [5.74, 6) is 1.51. The van der Waals surface area contributed by atoms with Crippen LogP contribution < -0.4 is 5.32 Å². The van der Waals surface area contributed by atoms with Crippen LogP contribution in [0.1, 0.15) is 45.1 Å². The van der Waals surface area contributed by atoms with Gasteiger partial charge in [0.25, 0.3) is 0 Å². The fraction of sp³-hybridized carbons (Fsp3) is 0.0385.